The standard InChI is InChI=1S/C50H34N4O/c1-49(2)40-20-10-9-18-37(40)38-29-28-34(30-43(38)49)47-52-46(33-26-24-32(31-51)25-27-33)53-48(54-47)39-19-13-22-42-45(39)55-44-23-12-11-21-41(44)50(42,35-14-5-3-6-15-35)36-16-7-4-8-17-36/h3-30H,1-2H3. The molecule has 55 heavy (non-hydrogen) atoms. The van der Waals surface area contributed by atoms with Crippen LogP contribution in [0.5, 0.6) is 11.5 Å². The number of para-hydroxylation sites is 2. The first-order chi connectivity index (χ1) is 27.0. The SMILES string of the molecule is CC1(C)c2ccccc2-c2ccc(-c3nc(-c4ccc(C#N)cc4)nc(-c4cccc5c4Oc4ccccc4C5(c4ccccc4)c4ccccc4)n3)cc21. The van der Waals surface area contributed by atoms with Crippen molar-refractivity contribution >= 4 is 0 Å². The molecule has 0 spiro atoms. The maximum absolute atomic E-state index is 9.55. The van der Waals surface area contributed by atoms with Gasteiger partial charge in [0.2, 0.25) is 0 Å². The average molecular weight is 707 g/mol. The molecule has 0 saturated heterocycles. The zero-order valence-corrected chi connectivity index (χ0v) is 30.4. The Morgan fingerprint density at radius 3 is 1.73 bits per heavy atom. The Bertz CT molecular complexity index is 2780. The molecule has 1 aliphatic carbocycles. The van der Waals surface area contributed by atoms with Crippen molar-refractivity contribution in [2.24, 2.45) is 0 Å². The lowest BCUT2D eigenvalue weighted by atomic mass is 9.63. The molecule has 1 aliphatic heterocycles. The van der Waals surface area contributed by atoms with E-state index in [1.165, 1.54) is 22.3 Å². The summed E-state index contributed by atoms with van der Waals surface area (Å²) < 4.78 is 6.97. The van der Waals surface area contributed by atoms with Gasteiger partial charge in [0.1, 0.15) is 11.5 Å². The zero-order valence-electron chi connectivity index (χ0n) is 30.4. The molecule has 0 fully saturated rings. The van der Waals surface area contributed by atoms with Gasteiger partial charge < -0.3 is 4.74 Å². The van der Waals surface area contributed by atoms with E-state index in [2.05, 4.69) is 147 Å². The number of nitriles is 1. The molecular weight excluding hydrogens is 673 g/mol. The lowest BCUT2D eigenvalue weighted by Crippen LogP contribution is -2.34. The van der Waals surface area contributed by atoms with Gasteiger partial charge in [-0.3, -0.25) is 0 Å². The second-order valence-corrected chi connectivity index (χ2v) is 14.7. The van der Waals surface area contributed by atoms with Crippen molar-refractivity contribution in [1.82, 2.24) is 15.0 Å². The predicted molar refractivity (Wildman–Crippen MR) is 217 cm³/mol. The molecule has 10 rings (SSSR count). The zero-order chi connectivity index (χ0) is 37.1. The van der Waals surface area contributed by atoms with Crippen LogP contribution in [-0.2, 0) is 10.8 Å². The smallest absolute Gasteiger partial charge is 0.167 e. The van der Waals surface area contributed by atoms with Crippen molar-refractivity contribution in [3.63, 3.8) is 0 Å². The van der Waals surface area contributed by atoms with Gasteiger partial charge in [-0.2, -0.15) is 5.26 Å². The second kappa shape index (κ2) is 12.5. The highest BCUT2D eigenvalue weighted by molar-refractivity contribution is 5.84. The summed E-state index contributed by atoms with van der Waals surface area (Å²) in [6.45, 7) is 4.55. The summed E-state index contributed by atoms with van der Waals surface area (Å²) in [5.41, 5.74) is 11.5. The molecule has 0 unspecified atom stereocenters. The van der Waals surface area contributed by atoms with E-state index >= 15 is 0 Å². The van der Waals surface area contributed by atoms with E-state index in [1.54, 1.807) is 12.1 Å². The first kappa shape index (κ1) is 32.5. The van der Waals surface area contributed by atoms with E-state index in [-0.39, 0.29) is 5.41 Å². The molecule has 2 aliphatic rings. The van der Waals surface area contributed by atoms with Crippen molar-refractivity contribution in [2.75, 3.05) is 0 Å². The lowest BCUT2D eigenvalue weighted by Gasteiger charge is -2.42. The Labute approximate surface area is 320 Å². The predicted octanol–water partition coefficient (Wildman–Crippen LogP) is 11.5. The molecule has 5 heteroatoms. The van der Waals surface area contributed by atoms with Crippen LogP contribution in [0.1, 0.15) is 52.8 Å². The number of ether oxygens (including phenoxy) is 1. The number of hydrogen-bond acceptors (Lipinski definition) is 5. The van der Waals surface area contributed by atoms with Crippen molar-refractivity contribution in [2.45, 2.75) is 24.7 Å². The van der Waals surface area contributed by atoms with Gasteiger partial charge in [-0.25, -0.2) is 15.0 Å². The lowest BCUT2D eigenvalue weighted by molar-refractivity contribution is 0.436. The molecule has 2 heterocycles. The second-order valence-electron chi connectivity index (χ2n) is 14.7. The fraction of sp³-hybridized carbons (Fsp3) is 0.0800. The minimum Gasteiger partial charge on any atom is -0.456 e. The van der Waals surface area contributed by atoms with Crippen LogP contribution >= 0.6 is 0 Å². The maximum Gasteiger partial charge on any atom is 0.167 e. The molecule has 0 N–H and O–H groups in total. The van der Waals surface area contributed by atoms with Crippen LogP contribution in [0, 0.1) is 11.3 Å². The van der Waals surface area contributed by atoms with E-state index in [0.717, 1.165) is 44.7 Å². The molecule has 1 aromatic heterocycles. The van der Waals surface area contributed by atoms with Crippen LogP contribution in [0.25, 0.3) is 45.3 Å². The molecule has 7 aromatic carbocycles. The Hall–Kier alpha value is -7.16. The van der Waals surface area contributed by atoms with Gasteiger partial charge in [0.15, 0.2) is 17.5 Å². The molecular formula is C50H34N4O. The summed E-state index contributed by atoms with van der Waals surface area (Å²) in [6, 6.07) is 60.7. The van der Waals surface area contributed by atoms with E-state index in [0.29, 0.717) is 28.8 Å². The van der Waals surface area contributed by atoms with Gasteiger partial charge in [0, 0.05) is 27.7 Å². The van der Waals surface area contributed by atoms with E-state index in [4.69, 9.17) is 19.7 Å². The van der Waals surface area contributed by atoms with Gasteiger partial charge in [0.05, 0.1) is 22.6 Å². The highest BCUT2D eigenvalue weighted by atomic mass is 16.5. The molecule has 5 nitrogen and oxygen atoms in total. The molecule has 0 radical (unpaired) electrons. The molecule has 0 atom stereocenters. The topological polar surface area (TPSA) is 71.7 Å². The normalized spacial score (nSPS) is 14.1. The number of hydrogen-bond donors (Lipinski definition) is 0. The minimum absolute atomic E-state index is 0.189. The summed E-state index contributed by atoms with van der Waals surface area (Å²) in [4.78, 5) is 15.5. The monoisotopic (exact) mass is 706 g/mol. The van der Waals surface area contributed by atoms with Crippen LogP contribution in [0.3, 0.4) is 0 Å². The Morgan fingerprint density at radius 1 is 0.473 bits per heavy atom. The third kappa shape index (κ3) is 4.96. The number of aromatic nitrogens is 3. The number of rotatable bonds is 5. The van der Waals surface area contributed by atoms with Crippen LogP contribution in [-0.4, -0.2) is 15.0 Å². The summed E-state index contributed by atoms with van der Waals surface area (Å²) in [5, 5.41) is 9.55. The first-order valence-corrected chi connectivity index (χ1v) is 18.5. The molecule has 0 amide bonds. The maximum atomic E-state index is 9.55. The molecule has 8 aromatic rings. The van der Waals surface area contributed by atoms with Crippen molar-refractivity contribution in [3.8, 4) is 62.9 Å². The van der Waals surface area contributed by atoms with Crippen LogP contribution in [0.4, 0.5) is 0 Å². The third-order valence-corrected chi connectivity index (χ3v) is 11.3. The van der Waals surface area contributed by atoms with Gasteiger partial charge >= 0.3 is 0 Å². The molecule has 0 saturated carbocycles. The quantitative estimate of drug-likeness (QED) is 0.178. The summed E-state index contributed by atoms with van der Waals surface area (Å²) in [6.07, 6.45) is 0. The number of benzene rings is 7. The summed E-state index contributed by atoms with van der Waals surface area (Å²) >= 11 is 0. The number of nitrogens with zero attached hydrogens (tertiary/aromatic N) is 4. The van der Waals surface area contributed by atoms with E-state index < -0.39 is 5.41 Å². The van der Waals surface area contributed by atoms with Crippen molar-refractivity contribution < 1.29 is 4.74 Å². The first-order valence-electron chi connectivity index (χ1n) is 18.5. The van der Waals surface area contributed by atoms with Gasteiger partial charge in [-0.1, -0.05) is 141 Å². The Morgan fingerprint density at radius 2 is 1.02 bits per heavy atom. The fourth-order valence-electron chi connectivity index (χ4n) is 8.70. The highest BCUT2D eigenvalue weighted by Gasteiger charge is 2.46. The Kier molecular flexibility index (Phi) is 7.37. The van der Waals surface area contributed by atoms with Gasteiger partial charge in [0.25, 0.3) is 0 Å². The van der Waals surface area contributed by atoms with Crippen LogP contribution < -0.4 is 4.74 Å². The van der Waals surface area contributed by atoms with Gasteiger partial charge in [-0.15, -0.1) is 0 Å². The van der Waals surface area contributed by atoms with E-state index in [9.17, 15) is 5.26 Å². The third-order valence-electron chi connectivity index (χ3n) is 11.3. The van der Waals surface area contributed by atoms with Crippen LogP contribution in [0.2, 0.25) is 0 Å². The minimum atomic E-state index is -0.685. The van der Waals surface area contributed by atoms with Crippen molar-refractivity contribution in [3.05, 3.63) is 209 Å². The van der Waals surface area contributed by atoms with Crippen molar-refractivity contribution in [1.29, 1.82) is 5.26 Å². The highest BCUT2D eigenvalue weighted by Crippen LogP contribution is 2.57. The Balaban J connectivity index is 1.22. The van der Waals surface area contributed by atoms with Gasteiger partial charge in [-0.05, 0) is 75.8 Å². The molecule has 260 valence electrons. The largest absolute Gasteiger partial charge is 0.456 e. The van der Waals surface area contributed by atoms with Crippen LogP contribution in [0.15, 0.2) is 170 Å². The fourth-order valence-corrected chi connectivity index (χ4v) is 8.70. The molecule has 0 bridgehead atoms. The average Bonchev–Trinajstić information content (AvgIpc) is 3.48. The number of fused-ring (bicyclic) bond motifs is 5. The summed E-state index contributed by atoms with van der Waals surface area (Å²) in [7, 11) is 0. The summed E-state index contributed by atoms with van der Waals surface area (Å²) in [5.74, 6) is 3.04. The van der Waals surface area contributed by atoms with E-state index in [1.807, 2.05) is 30.3 Å².